The molecule has 1 aromatic heterocycles. The molecule has 1 rings (SSSR count). The molecule has 0 fully saturated rings. The van der Waals surface area contributed by atoms with Gasteiger partial charge in [0.2, 0.25) is 6.33 Å². The Balaban J connectivity index is 1.87. The molecule has 0 aromatic carbocycles. The van der Waals surface area contributed by atoms with Crippen LogP contribution in [0, 0.1) is 0 Å². The monoisotopic (exact) mass is 405 g/mol. The predicted octanol–water partition coefficient (Wildman–Crippen LogP) is 9.08. The summed E-state index contributed by atoms with van der Waals surface area (Å²) in [6.45, 7) is 4.60. The molecule has 2 nitrogen and oxygen atoms in total. The molecule has 1 aromatic rings. The molecule has 0 aliphatic carbocycles. The van der Waals surface area contributed by atoms with Gasteiger partial charge in [-0.05, 0) is 25.7 Å². The molecule has 0 bridgehead atoms. The van der Waals surface area contributed by atoms with E-state index in [-0.39, 0.29) is 0 Å². The van der Waals surface area contributed by atoms with E-state index in [1.165, 1.54) is 135 Å². The Morgan fingerprint density at radius 2 is 0.931 bits per heavy atom. The number of hydrogen-bond acceptors (Lipinski definition) is 0. The SMILES string of the molecule is CCCCCCCCCCCCCCCCCCC(CCCCC)[n+]1cc[nH]c1. The third-order valence-electron chi connectivity index (χ3n) is 6.52. The van der Waals surface area contributed by atoms with Crippen molar-refractivity contribution in [1.82, 2.24) is 4.98 Å². The topological polar surface area (TPSA) is 19.7 Å². The van der Waals surface area contributed by atoms with E-state index >= 15 is 0 Å². The zero-order valence-corrected chi connectivity index (χ0v) is 20.1. The first-order valence-electron chi connectivity index (χ1n) is 13.4. The van der Waals surface area contributed by atoms with Gasteiger partial charge < -0.3 is 0 Å². The summed E-state index contributed by atoms with van der Waals surface area (Å²) in [5.41, 5.74) is 0. The van der Waals surface area contributed by atoms with Gasteiger partial charge in [0.15, 0.2) is 0 Å². The Bertz CT molecular complexity index is 412. The number of hydrogen-bond donors (Lipinski definition) is 1. The average Bonchev–Trinajstić information content (AvgIpc) is 3.27. The molecule has 1 heterocycles. The second-order valence-corrected chi connectivity index (χ2v) is 9.30. The minimum absolute atomic E-state index is 0.708. The van der Waals surface area contributed by atoms with Crippen LogP contribution < -0.4 is 4.57 Å². The number of nitrogens with one attached hydrogen (secondary N) is 1. The largest absolute Gasteiger partial charge is 0.250 e. The lowest BCUT2D eigenvalue weighted by Gasteiger charge is -2.13. The number of H-pyrrole nitrogens is 1. The molecule has 0 saturated carbocycles. The molecule has 1 N–H and O–H groups in total. The maximum atomic E-state index is 3.22. The first-order valence-corrected chi connectivity index (χ1v) is 13.4. The van der Waals surface area contributed by atoms with Crippen LogP contribution in [-0.4, -0.2) is 4.98 Å². The highest BCUT2D eigenvalue weighted by atomic mass is 15.0. The number of aromatic amines is 1. The minimum Gasteiger partial charge on any atom is -0.250 e. The molecule has 0 aliphatic heterocycles. The van der Waals surface area contributed by atoms with Crippen molar-refractivity contribution in [3.05, 3.63) is 18.7 Å². The van der Waals surface area contributed by atoms with E-state index < -0.39 is 0 Å². The molecule has 1 atom stereocenters. The maximum absolute atomic E-state index is 3.22. The summed E-state index contributed by atoms with van der Waals surface area (Å²) in [6, 6.07) is 0.708. The molecule has 1 unspecified atom stereocenters. The van der Waals surface area contributed by atoms with E-state index in [1.807, 2.05) is 0 Å². The van der Waals surface area contributed by atoms with E-state index in [0.29, 0.717) is 6.04 Å². The number of imidazole rings is 1. The van der Waals surface area contributed by atoms with Gasteiger partial charge in [-0.2, -0.15) is 0 Å². The van der Waals surface area contributed by atoms with Crippen molar-refractivity contribution in [3.63, 3.8) is 0 Å². The highest BCUT2D eigenvalue weighted by molar-refractivity contribution is 4.61. The highest BCUT2D eigenvalue weighted by Gasteiger charge is 2.14. The van der Waals surface area contributed by atoms with Crippen molar-refractivity contribution < 1.29 is 4.57 Å². The summed E-state index contributed by atoms with van der Waals surface area (Å²) in [4.78, 5) is 3.22. The van der Waals surface area contributed by atoms with Crippen molar-refractivity contribution in [1.29, 1.82) is 0 Å². The Labute approximate surface area is 183 Å². The number of rotatable bonds is 22. The third-order valence-corrected chi connectivity index (χ3v) is 6.52. The molecule has 170 valence electrons. The lowest BCUT2D eigenvalue weighted by atomic mass is 10.00. The van der Waals surface area contributed by atoms with Crippen molar-refractivity contribution in [2.24, 2.45) is 0 Å². The van der Waals surface area contributed by atoms with Crippen molar-refractivity contribution in [2.45, 2.75) is 155 Å². The third kappa shape index (κ3) is 15.7. The first-order chi connectivity index (χ1) is 14.4. The fourth-order valence-electron chi connectivity index (χ4n) is 4.53. The lowest BCUT2D eigenvalue weighted by Crippen LogP contribution is -2.37. The summed E-state index contributed by atoms with van der Waals surface area (Å²) in [6.07, 6.45) is 36.4. The molecule has 0 amide bonds. The van der Waals surface area contributed by atoms with Crippen LogP contribution >= 0.6 is 0 Å². The van der Waals surface area contributed by atoms with Gasteiger partial charge in [0.1, 0.15) is 18.4 Å². The Hall–Kier alpha value is -0.790. The molecule has 0 aliphatic rings. The molecular formula is C27H53N2+. The standard InChI is InChI=1S/C27H52N2/c1-3-5-7-8-9-10-11-12-13-14-15-16-17-18-19-21-23-27(22-20-6-4-2)29-25-24-28-26-29/h24-27H,3-23H2,1-2H3/p+1. The summed E-state index contributed by atoms with van der Waals surface area (Å²) in [5, 5.41) is 0. The maximum Gasteiger partial charge on any atom is 0.241 e. The normalized spacial score (nSPS) is 12.5. The van der Waals surface area contributed by atoms with Crippen LogP contribution in [0.2, 0.25) is 0 Å². The summed E-state index contributed by atoms with van der Waals surface area (Å²) in [5.74, 6) is 0. The van der Waals surface area contributed by atoms with E-state index in [0.717, 1.165) is 0 Å². The van der Waals surface area contributed by atoms with Gasteiger partial charge >= 0.3 is 0 Å². The highest BCUT2D eigenvalue weighted by Crippen LogP contribution is 2.19. The molecule has 2 heteroatoms. The average molecular weight is 406 g/mol. The van der Waals surface area contributed by atoms with Gasteiger partial charge in [-0.1, -0.05) is 123 Å². The second kappa shape index (κ2) is 20.5. The fourth-order valence-corrected chi connectivity index (χ4v) is 4.53. The summed E-state index contributed by atoms with van der Waals surface area (Å²) < 4.78 is 2.40. The Morgan fingerprint density at radius 1 is 0.552 bits per heavy atom. The van der Waals surface area contributed by atoms with E-state index in [2.05, 4.69) is 42.1 Å². The lowest BCUT2D eigenvalue weighted by molar-refractivity contribution is -0.723. The number of unbranched alkanes of at least 4 members (excludes halogenated alkanes) is 17. The zero-order chi connectivity index (χ0) is 20.8. The molecule has 0 saturated heterocycles. The van der Waals surface area contributed by atoms with E-state index in [4.69, 9.17) is 0 Å². The summed E-state index contributed by atoms with van der Waals surface area (Å²) in [7, 11) is 0. The molecule has 29 heavy (non-hydrogen) atoms. The Kier molecular flexibility index (Phi) is 18.5. The van der Waals surface area contributed by atoms with Crippen molar-refractivity contribution in [2.75, 3.05) is 0 Å². The van der Waals surface area contributed by atoms with Crippen LogP contribution in [-0.2, 0) is 0 Å². The minimum atomic E-state index is 0.708. The van der Waals surface area contributed by atoms with Gasteiger partial charge in [-0.3, -0.25) is 4.98 Å². The number of nitrogens with zero attached hydrogens (tertiary/aromatic N) is 1. The van der Waals surface area contributed by atoms with E-state index in [1.54, 1.807) is 0 Å². The van der Waals surface area contributed by atoms with Gasteiger partial charge in [0, 0.05) is 0 Å². The molecular weight excluding hydrogens is 352 g/mol. The molecule has 0 radical (unpaired) electrons. The van der Waals surface area contributed by atoms with Crippen LogP contribution in [0.5, 0.6) is 0 Å². The quantitative estimate of drug-likeness (QED) is 0.147. The van der Waals surface area contributed by atoms with Crippen LogP contribution in [0.3, 0.4) is 0 Å². The molecule has 0 spiro atoms. The van der Waals surface area contributed by atoms with Crippen molar-refractivity contribution >= 4 is 0 Å². The van der Waals surface area contributed by atoms with Crippen molar-refractivity contribution in [3.8, 4) is 0 Å². The van der Waals surface area contributed by atoms with Gasteiger partial charge in [-0.15, -0.1) is 0 Å². The van der Waals surface area contributed by atoms with Crippen LogP contribution in [0.15, 0.2) is 18.7 Å². The van der Waals surface area contributed by atoms with Crippen LogP contribution in [0.4, 0.5) is 0 Å². The predicted molar refractivity (Wildman–Crippen MR) is 128 cm³/mol. The van der Waals surface area contributed by atoms with E-state index in [9.17, 15) is 0 Å². The van der Waals surface area contributed by atoms with Crippen LogP contribution in [0.25, 0.3) is 0 Å². The smallest absolute Gasteiger partial charge is 0.241 e. The first kappa shape index (κ1) is 26.2. The van der Waals surface area contributed by atoms with Gasteiger partial charge in [0.05, 0.1) is 0 Å². The number of aromatic nitrogens is 2. The Morgan fingerprint density at radius 3 is 1.34 bits per heavy atom. The van der Waals surface area contributed by atoms with Gasteiger partial charge in [-0.25, -0.2) is 4.57 Å². The zero-order valence-electron chi connectivity index (χ0n) is 20.1. The summed E-state index contributed by atoms with van der Waals surface area (Å²) >= 11 is 0. The van der Waals surface area contributed by atoms with Crippen LogP contribution in [0.1, 0.15) is 155 Å². The fraction of sp³-hybridized carbons (Fsp3) is 0.889. The van der Waals surface area contributed by atoms with Gasteiger partial charge in [0.25, 0.3) is 0 Å². The second-order valence-electron chi connectivity index (χ2n) is 9.30.